The first-order valence-corrected chi connectivity index (χ1v) is 10.3. The second-order valence-electron chi connectivity index (χ2n) is 7.97. The summed E-state index contributed by atoms with van der Waals surface area (Å²) in [6.07, 6.45) is 7.31. The number of methoxy groups -OCH3 is 1. The van der Waals surface area contributed by atoms with Crippen LogP contribution in [-0.4, -0.2) is 18.0 Å². The first-order valence-electron chi connectivity index (χ1n) is 10.3. The SMILES string of the molecule is CC[C@H]1CC[C@H](C(=O)N2Cc3cccnc3Nc3ccc(COC)cc32)CC1. The lowest BCUT2D eigenvalue weighted by atomic mass is 9.80. The van der Waals surface area contributed by atoms with Gasteiger partial charge in [-0.1, -0.05) is 25.5 Å². The van der Waals surface area contributed by atoms with E-state index in [1.165, 1.54) is 6.42 Å². The smallest absolute Gasteiger partial charge is 0.230 e. The maximum absolute atomic E-state index is 13.6. The summed E-state index contributed by atoms with van der Waals surface area (Å²) in [6.45, 7) is 3.33. The molecule has 1 aliphatic heterocycles. The van der Waals surface area contributed by atoms with Crippen molar-refractivity contribution in [3.63, 3.8) is 0 Å². The summed E-state index contributed by atoms with van der Waals surface area (Å²) in [4.78, 5) is 20.0. The van der Waals surface area contributed by atoms with Crippen molar-refractivity contribution < 1.29 is 9.53 Å². The van der Waals surface area contributed by atoms with Crippen LogP contribution in [0.2, 0.25) is 0 Å². The van der Waals surface area contributed by atoms with Gasteiger partial charge in [-0.2, -0.15) is 0 Å². The Labute approximate surface area is 167 Å². The number of hydrogen-bond acceptors (Lipinski definition) is 4. The van der Waals surface area contributed by atoms with Crippen LogP contribution in [0.4, 0.5) is 17.2 Å². The minimum absolute atomic E-state index is 0.111. The number of fused-ring (bicyclic) bond motifs is 2. The van der Waals surface area contributed by atoms with Crippen molar-refractivity contribution >= 4 is 23.1 Å². The number of hydrogen-bond donors (Lipinski definition) is 1. The zero-order valence-corrected chi connectivity index (χ0v) is 16.8. The van der Waals surface area contributed by atoms with E-state index in [4.69, 9.17) is 4.74 Å². The molecule has 28 heavy (non-hydrogen) atoms. The molecule has 5 heteroatoms. The van der Waals surface area contributed by atoms with E-state index >= 15 is 0 Å². The topological polar surface area (TPSA) is 54.5 Å². The fraction of sp³-hybridized carbons (Fsp3) is 0.478. The summed E-state index contributed by atoms with van der Waals surface area (Å²) in [5.41, 5.74) is 3.96. The number of nitrogens with one attached hydrogen (secondary N) is 1. The molecule has 2 heterocycles. The lowest BCUT2D eigenvalue weighted by molar-refractivity contribution is -0.123. The first-order chi connectivity index (χ1) is 13.7. The Bertz CT molecular complexity index is 843. The monoisotopic (exact) mass is 379 g/mol. The molecule has 4 rings (SSSR count). The molecular weight excluding hydrogens is 350 g/mol. The number of rotatable bonds is 4. The van der Waals surface area contributed by atoms with Crippen molar-refractivity contribution in [3.05, 3.63) is 47.7 Å². The quantitative estimate of drug-likeness (QED) is 0.809. The summed E-state index contributed by atoms with van der Waals surface area (Å²) in [5.74, 6) is 1.96. The van der Waals surface area contributed by atoms with Crippen LogP contribution in [0.1, 0.15) is 50.2 Å². The summed E-state index contributed by atoms with van der Waals surface area (Å²) >= 11 is 0. The van der Waals surface area contributed by atoms with Crippen LogP contribution in [0.5, 0.6) is 0 Å². The zero-order valence-electron chi connectivity index (χ0n) is 16.8. The van der Waals surface area contributed by atoms with Gasteiger partial charge in [0.25, 0.3) is 0 Å². The van der Waals surface area contributed by atoms with E-state index in [-0.39, 0.29) is 11.8 Å². The normalized spacial score (nSPS) is 21.3. The van der Waals surface area contributed by atoms with Gasteiger partial charge in [0.2, 0.25) is 5.91 Å². The maximum atomic E-state index is 13.6. The Morgan fingerprint density at radius 2 is 2.07 bits per heavy atom. The van der Waals surface area contributed by atoms with Gasteiger partial charge >= 0.3 is 0 Å². The number of carbonyl (C=O) groups is 1. The number of pyridine rings is 1. The van der Waals surface area contributed by atoms with Crippen LogP contribution in [0.15, 0.2) is 36.5 Å². The predicted octanol–water partition coefficient (Wildman–Crippen LogP) is 5.03. The first kappa shape index (κ1) is 18.9. The van der Waals surface area contributed by atoms with Crippen LogP contribution >= 0.6 is 0 Å². The van der Waals surface area contributed by atoms with Gasteiger partial charge in [0, 0.05) is 24.8 Å². The molecule has 1 saturated carbocycles. The van der Waals surface area contributed by atoms with E-state index in [2.05, 4.69) is 23.3 Å². The zero-order chi connectivity index (χ0) is 19.5. The largest absolute Gasteiger partial charge is 0.380 e. The minimum Gasteiger partial charge on any atom is -0.380 e. The number of ether oxygens (including phenoxy) is 1. The summed E-state index contributed by atoms with van der Waals surface area (Å²) in [7, 11) is 1.69. The molecular formula is C23H29N3O2. The van der Waals surface area contributed by atoms with Crippen LogP contribution < -0.4 is 10.2 Å². The Kier molecular flexibility index (Phi) is 5.62. The molecule has 5 nitrogen and oxygen atoms in total. The Morgan fingerprint density at radius 3 is 2.82 bits per heavy atom. The van der Waals surface area contributed by atoms with Crippen molar-refractivity contribution in [3.8, 4) is 0 Å². The molecule has 0 atom stereocenters. The standard InChI is InChI=1S/C23H29N3O2/c1-3-16-6-9-18(10-7-16)23(27)26-14-19-5-4-12-24-22(19)25-20-11-8-17(15-28-2)13-21(20)26/h4-5,8,11-13,16,18H,3,6-7,9-10,14-15H2,1-2H3,(H,24,25)/t16-,18-. The van der Waals surface area contributed by atoms with E-state index < -0.39 is 0 Å². The van der Waals surface area contributed by atoms with Gasteiger partial charge in [0.1, 0.15) is 5.82 Å². The molecule has 1 aromatic carbocycles. The highest BCUT2D eigenvalue weighted by Crippen LogP contribution is 2.39. The van der Waals surface area contributed by atoms with Gasteiger partial charge < -0.3 is 15.0 Å². The lowest BCUT2D eigenvalue weighted by Crippen LogP contribution is -2.37. The molecule has 0 saturated heterocycles. The molecule has 1 aromatic heterocycles. The summed E-state index contributed by atoms with van der Waals surface area (Å²) in [6, 6.07) is 10.1. The average Bonchev–Trinajstić information content (AvgIpc) is 2.90. The number of benzene rings is 1. The molecule has 0 unspecified atom stereocenters. The number of anilines is 3. The van der Waals surface area contributed by atoms with Gasteiger partial charge in [-0.05, 0) is 55.4 Å². The average molecular weight is 380 g/mol. The van der Waals surface area contributed by atoms with Crippen molar-refractivity contribution in [2.45, 2.75) is 52.2 Å². The third-order valence-corrected chi connectivity index (χ3v) is 6.18. The fourth-order valence-electron chi connectivity index (χ4n) is 4.46. The summed E-state index contributed by atoms with van der Waals surface area (Å²) < 4.78 is 5.31. The van der Waals surface area contributed by atoms with Crippen LogP contribution in [-0.2, 0) is 22.7 Å². The molecule has 1 aliphatic carbocycles. The number of carbonyl (C=O) groups excluding carboxylic acids is 1. The van der Waals surface area contributed by atoms with Gasteiger partial charge in [-0.3, -0.25) is 4.79 Å². The lowest BCUT2D eigenvalue weighted by Gasteiger charge is -2.32. The van der Waals surface area contributed by atoms with Gasteiger partial charge in [-0.15, -0.1) is 0 Å². The molecule has 0 bridgehead atoms. The number of nitrogens with zero attached hydrogens (tertiary/aromatic N) is 2. The highest BCUT2D eigenvalue weighted by molar-refractivity contribution is 5.99. The van der Waals surface area contributed by atoms with E-state index in [9.17, 15) is 4.79 Å². The Hall–Kier alpha value is -2.40. The second-order valence-corrected chi connectivity index (χ2v) is 7.97. The van der Waals surface area contributed by atoms with Crippen LogP contribution in [0, 0.1) is 11.8 Å². The molecule has 1 fully saturated rings. The molecule has 148 valence electrons. The molecule has 0 radical (unpaired) electrons. The second kappa shape index (κ2) is 8.31. The predicted molar refractivity (Wildman–Crippen MR) is 112 cm³/mol. The summed E-state index contributed by atoms with van der Waals surface area (Å²) in [5, 5.41) is 3.43. The van der Waals surface area contributed by atoms with E-state index in [0.717, 1.165) is 59.9 Å². The van der Waals surface area contributed by atoms with Gasteiger partial charge in [0.05, 0.1) is 24.5 Å². The highest BCUT2D eigenvalue weighted by atomic mass is 16.5. The van der Waals surface area contributed by atoms with E-state index in [1.54, 1.807) is 13.3 Å². The van der Waals surface area contributed by atoms with Crippen LogP contribution in [0.25, 0.3) is 0 Å². The maximum Gasteiger partial charge on any atom is 0.230 e. The molecule has 2 aliphatic rings. The third-order valence-electron chi connectivity index (χ3n) is 6.18. The minimum atomic E-state index is 0.111. The Balaban J connectivity index is 1.68. The van der Waals surface area contributed by atoms with Crippen molar-refractivity contribution in [1.29, 1.82) is 0 Å². The van der Waals surface area contributed by atoms with Crippen molar-refractivity contribution in [1.82, 2.24) is 4.98 Å². The van der Waals surface area contributed by atoms with Crippen molar-refractivity contribution in [2.75, 3.05) is 17.3 Å². The van der Waals surface area contributed by atoms with E-state index in [0.29, 0.717) is 13.2 Å². The Morgan fingerprint density at radius 1 is 1.25 bits per heavy atom. The third kappa shape index (κ3) is 3.76. The number of amides is 1. The van der Waals surface area contributed by atoms with Crippen LogP contribution in [0.3, 0.4) is 0 Å². The molecule has 1 amide bonds. The number of aromatic nitrogens is 1. The molecule has 0 spiro atoms. The molecule has 2 aromatic rings. The molecule has 1 N–H and O–H groups in total. The fourth-order valence-corrected chi connectivity index (χ4v) is 4.46. The van der Waals surface area contributed by atoms with E-state index in [1.807, 2.05) is 29.2 Å². The van der Waals surface area contributed by atoms with Gasteiger partial charge in [0.15, 0.2) is 0 Å². The van der Waals surface area contributed by atoms with Gasteiger partial charge in [-0.25, -0.2) is 4.98 Å². The highest BCUT2D eigenvalue weighted by Gasteiger charge is 2.32. The van der Waals surface area contributed by atoms with Crippen molar-refractivity contribution in [2.24, 2.45) is 11.8 Å².